The summed E-state index contributed by atoms with van der Waals surface area (Å²) in [5.41, 5.74) is -0.202. The summed E-state index contributed by atoms with van der Waals surface area (Å²) in [7, 11) is 1.74. The first-order valence-corrected chi connectivity index (χ1v) is 11.8. The second kappa shape index (κ2) is 10.5. The van der Waals surface area contributed by atoms with Gasteiger partial charge in [0.25, 0.3) is 5.91 Å². The van der Waals surface area contributed by atoms with Gasteiger partial charge in [-0.3, -0.25) is 9.59 Å². The minimum atomic E-state index is -0.987. The molecule has 1 saturated carbocycles. The van der Waals surface area contributed by atoms with Gasteiger partial charge < -0.3 is 24.7 Å². The average Bonchev–Trinajstić information content (AvgIpc) is 3.25. The molecule has 0 unspecified atom stereocenters. The maximum atomic E-state index is 13.4. The molecule has 33 heavy (non-hydrogen) atoms. The molecule has 1 aliphatic heterocycles. The molecule has 1 fully saturated rings. The van der Waals surface area contributed by atoms with Gasteiger partial charge >= 0.3 is 0 Å². The summed E-state index contributed by atoms with van der Waals surface area (Å²) < 4.78 is 6.19. The Labute approximate surface area is 195 Å². The van der Waals surface area contributed by atoms with Crippen molar-refractivity contribution in [1.82, 2.24) is 14.8 Å². The smallest absolute Gasteiger partial charge is 0.259 e. The van der Waals surface area contributed by atoms with Gasteiger partial charge in [-0.1, -0.05) is 25.7 Å². The number of nitrogens with zero attached hydrogens (tertiary/aromatic N) is 3. The lowest BCUT2D eigenvalue weighted by Crippen LogP contribution is -2.50. The van der Waals surface area contributed by atoms with E-state index in [1.807, 2.05) is 13.8 Å². The fourth-order valence-electron chi connectivity index (χ4n) is 4.30. The van der Waals surface area contributed by atoms with E-state index < -0.39 is 11.6 Å². The second-order valence-electron chi connectivity index (χ2n) is 9.32. The predicted octanol–water partition coefficient (Wildman–Crippen LogP) is 1.83. The first kappa shape index (κ1) is 25.0. The van der Waals surface area contributed by atoms with E-state index in [2.05, 4.69) is 16.8 Å². The number of carbonyl (C=O) groups excluding carboxylic acids is 2. The topological polar surface area (TPSA) is 103 Å². The summed E-state index contributed by atoms with van der Waals surface area (Å²) in [6.07, 6.45) is 4.74. The Kier molecular flexibility index (Phi) is 7.98. The summed E-state index contributed by atoms with van der Waals surface area (Å²) in [4.78, 5) is 33.2. The van der Waals surface area contributed by atoms with E-state index in [-0.39, 0.29) is 41.9 Å². The highest BCUT2D eigenvalue weighted by Gasteiger charge is 2.34. The lowest BCUT2D eigenvalue weighted by Gasteiger charge is -2.37. The third kappa shape index (κ3) is 5.84. The lowest BCUT2D eigenvalue weighted by molar-refractivity contribution is -0.131. The van der Waals surface area contributed by atoms with E-state index in [0.717, 1.165) is 12.8 Å². The van der Waals surface area contributed by atoms with Gasteiger partial charge in [-0.25, -0.2) is 4.98 Å². The molecule has 8 nitrogen and oxygen atoms in total. The van der Waals surface area contributed by atoms with Gasteiger partial charge in [-0.2, -0.15) is 0 Å². The third-order valence-electron chi connectivity index (χ3n) is 6.57. The number of aromatic nitrogens is 1. The third-order valence-corrected chi connectivity index (χ3v) is 6.57. The van der Waals surface area contributed by atoms with E-state index >= 15 is 0 Å². The highest BCUT2D eigenvalue weighted by molar-refractivity contribution is 5.97. The summed E-state index contributed by atoms with van der Waals surface area (Å²) in [6.45, 7) is 6.13. The van der Waals surface area contributed by atoms with Crippen LogP contribution in [-0.4, -0.2) is 81.3 Å². The molecule has 1 aromatic heterocycles. The molecule has 2 amide bonds. The zero-order chi connectivity index (χ0) is 24.2. The number of hydrogen-bond donors (Lipinski definition) is 2. The first-order valence-electron chi connectivity index (χ1n) is 11.8. The van der Waals surface area contributed by atoms with Crippen LogP contribution < -0.4 is 4.74 Å². The number of ether oxygens (including phenoxy) is 1. The second-order valence-corrected chi connectivity index (χ2v) is 9.32. The van der Waals surface area contributed by atoms with Gasteiger partial charge in [0.15, 0.2) is 0 Å². The molecule has 0 bridgehead atoms. The van der Waals surface area contributed by atoms with E-state index in [4.69, 9.17) is 4.74 Å². The maximum Gasteiger partial charge on any atom is 0.259 e. The van der Waals surface area contributed by atoms with Gasteiger partial charge in [0.2, 0.25) is 11.8 Å². The summed E-state index contributed by atoms with van der Waals surface area (Å²) >= 11 is 0. The fraction of sp³-hybridized carbons (Fsp3) is 0.640. The van der Waals surface area contributed by atoms with E-state index in [1.165, 1.54) is 0 Å². The quantitative estimate of drug-likeness (QED) is 0.654. The van der Waals surface area contributed by atoms with E-state index in [1.54, 1.807) is 36.0 Å². The van der Waals surface area contributed by atoms with Gasteiger partial charge in [0.05, 0.1) is 19.2 Å². The van der Waals surface area contributed by atoms with Crippen molar-refractivity contribution in [3.05, 3.63) is 23.4 Å². The Balaban J connectivity index is 1.97. The standard InChI is InChI=1S/C25H35N3O5/c1-5-22(30)27(4)15-21-17(2)14-28(18(3)16-29)24(31)20-12-19(13-26-23(20)33-21)8-11-25(32)9-6-7-10-25/h12-13,17-18,21,29,32H,5-7,9-10,14-16H2,1-4H3/t17-,18-,21-/m0/s1. The van der Waals surface area contributed by atoms with Crippen LogP contribution in [0, 0.1) is 17.8 Å². The molecule has 1 aliphatic carbocycles. The normalized spacial score (nSPS) is 22.8. The van der Waals surface area contributed by atoms with Gasteiger partial charge in [-0.05, 0) is 38.7 Å². The molecule has 3 rings (SSSR count). The molecule has 0 aromatic carbocycles. The van der Waals surface area contributed by atoms with Crippen molar-refractivity contribution < 1.29 is 24.5 Å². The molecular formula is C25H35N3O5. The monoisotopic (exact) mass is 457 g/mol. The van der Waals surface area contributed by atoms with Crippen LogP contribution in [-0.2, 0) is 4.79 Å². The number of pyridine rings is 1. The largest absolute Gasteiger partial charge is 0.472 e. The Morgan fingerprint density at radius 1 is 1.42 bits per heavy atom. The van der Waals surface area contributed by atoms with Crippen molar-refractivity contribution in [2.75, 3.05) is 26.7 Å². The van der Waals surface area contributed by atoms with Gasteiger partial charge in [0.1, 0.15) is 17.3 Å². The van der Waals surface area contributed by atoms with Crippen LogP contribution >= 0.6 is 0 Å². The van der Waals surface area contributed by atoms with Crippen molar-refractivity contribution in [1.29, 1.82) is 0 Å². The number of hydrogen-bond acceptors (Lipinski definition) is 6. The minimum absolute atomic E-state index is 0.00756. The van der Waals surface area contributed by atoms with Crippen molar-refractivity contribution >= 4 is 11.8 Å². The number of carbonyl (C=O) groups is 2. The van der Waals surface area contributed by atoms with Crippen molar-refractivity contribution in [3.63, 3.8) is 0 Å². The molecule has 3 atom stereocenters. The highest BCUT2D eigenvalue weighted by Crippen LogP contribution is 2.30. The molecule has 180 valence electrons. The van der Waals surface area contributed by atoms with Crippen LogP contribution in [0.25, 0.3) is 0 Å². The molecule has 8 heteroatoms. The minimum Gasteiger partial charge on any atom is -0.472 e. The fourth-order valence-corrected chi connectivity index (χ4v) is 4.30. The van der Waals surface area contributed by atoms with Crippen LogP contribution in [0.3, 0.4) is 0 Å². The van der Waals surface area contributed by atoms with E-state index in [0.29, 0.717) is 37.9 Å². The molecule has 0 saturated heterocycles. The summed E-state index contributed by atoms with van der Waals surface area (Å²) in [6, 6.07) is 1.25. The van der Waals surface area contributed by atoms with Crippen molar-refractivity contribution in [3.8, 4) is 17.7 Å². The molecule has 2 aliphatic rings. The Hall–Kier alpha value is -2.63. The van der Waals surface area contributed by atoms with Gasteiger partial charge in [-0.15, -0.1) is 0 Å². The number of aliphatic hydroxyl groups excluding tert-OH is 1. The Morgan fingerprint density at radius 3 is 2.76 bits per heavy atom. The molecule has 2 heterocycles. The zero-order valence-electron chi connectivity index (χ0n) is 20.0. The number of rotatable bonds is 5. The average molecular weight is 458 g/mol. The lowest BCUT2D eigenvalue weighted by atomic mass is 9.99. The number of aliphatic hydroxyl groups is 2. The van der Waals surface area contributed by atoms with Crippen molar-refractivity contribution in [2.45, 2.75) is 70.6 Å². The molecule has 2 N–H and O–H groups in total. The zero-order valence-corrected chi connectivity index (χ0v) is 20.0. The maximum absolute atomic E-state index is 13.4. The van der Waals surface area contributed by atoms with Crippen LogP contribution in [0.2, 0.25) is 0 Å². The van der Waals surface area contributed by atoms with Gasteiger partial charge in [0, 0.05) is 37.7 Å². The SMILES string of the molecule is CCC(=O)N(C)C[C@@H]1Oc2ncc(C#CC3(O)CCCC3)cc2C(=O)N([C@@H](C)CO)C[C@@H]1C. The van der Waals surface area contributed by atoms with Crippen molar-refractivity contribution in [2.24, 2.45) is 5.92 Å². The van der Waals surface area contributed by atoms with Crippen LogP contribution in [0.1, 0.15) is 68.8 Å². The van der Waals surface area contributed by atoms with E-state index in [9.17, 15) is 19.8 Å². The number of likely N-dealkylation sites (N-methyl/N-ethyl adjacent to an activating group) is 1. The highest BCUT2D eigenvalue weighted by atomic mass is 16.5. The molecule has 0 spiro atoms. The number of amides is 2. The summed E-state index contributed by atoms with van der Waals surface area (Å²) in [5.74, 6) is 5.73. The van der Waals surface area contributed by atoms with Crippen LogP contribution in [0.15, 0.2) is 12.3 Å². The predicted molar refractivity (Wildman–Crippen MR) is 124 cm³/mol. The molecule has 1 aromatic rings. The summed E-state index contributed by atoms with van der Waals surface area (Å²) in [5, 5.41) is 20.3. The number of fused-ring (bicyclic) bond motifs is 1. The molecule has 0 radical (unpaired) electrons. The van der Waals surface area contributed by atoms with Crippen LogP contribution in [0.5, 0.6) is 5.88 Å². The first-order chi connectivity index (χ1) is 15.7. The van der Waals surface area contributed by atoms with Crippen LogP contribution in [0.4, 0.5) is 0 Å². The Morgan fingerprint density at radius 2 is 2.12 bits per heavy atom. The Bertz CT molecular complexity index is 932. The molecular weight excluding hydrogens is 422 g/mol.